The van der Waals surface area contributed by atoms with E-state index in [2.05, 4.69) is 33.5 Å². The van der Waals surface area contributed by atoms with Gasteiger partial charge in [0.2, 0.25) is 0 Å². The molecule has 1 aromatic heterocycles. The monoisotopic (exact) mass is 486 g/mol. The van der Waals surface area contributed by atoms with Crippen LogP contribution >= 0.6 is 46.9 Å². The zero-order valence-corrected chi connectivity index (χ0v) is 18.1. The van der Waals surface area contributed by atoms with Crippen molar-refractivity contribution in [2.45, 2.75) is 19.8 Å². The van der Waals surface area contributed by atoms with E-state index in [0.717, 1.165) is 75.6 Å². The first-order chi connectivity index (χ1) is 11.3. The van der Waals surface area contributed by atoms with Gasteiger partial charge < -0.3 is 15.4 Å². The second-order valence-corrected chi connectivity index (χ2v) is 7.25. The predicted molar refractivity (Wildman–Crippen MR) is 114 cm³/mol. The lowest BCUT2D eigenvalue weighted by molar-refractivity contribution is 0.0377. The highest BCUT2D eigenvalue weighted by Gasteiger charge is 2.09. The van der Waals surface area contributed by atoms with Gasteiger partial charge in [-0.1, -0.05) is 11.6 Å². The molecule has 8 heteroatoms. The molecule has 1 saturated heterocycles. The summed E-state index contributed by atoms with van der Waals surface area (Å²) in [6, 6.07) is 4.04. The lowest BCUT2D eigenvalue weighted by atomic mass is 10.3. The molecule has 2 rings (SSSR count). The Morgan fingerprint density at radius 3 is 2.79 bits per heavy atom. The zero-order chi connectivity index (χ0) is 16.3. The van der Waals surface area contributed by atoms with Crippen LogP contribution in [-0.2, 0) is 11.2 Å². The van der Waals surface area contributed by atoms with Crippen LogP contribution in [0, 0.1) is 0 Å². The highest BCUT2D eigenvalue weighted by Crippen LogP contribution is 2.21. The minimum Gasteiger partial charge on any atom is -0.379 e. The van der Waals surface area contributed by atoms with Crippen molar-refractivity contribution < 1.29 is 4.74 Å². The molecule has 1 aliphatic heterocycles. The van der Waals surface area contributed by atoms with Gasteiger partial charge >= 0.3 is 0 Å². The molecule has 0 aliphatic carbocycles. The summed E-state index contributed by atoms with van der Waals surface area (Å²) in [5.74, 6) is 0.900. The average Bonchev–Trinajstić information content (AvgIpc) is 2.98. The smallest absolute Gasteiger partial charge is 0.191 e. The molecule has 2 heterocycles. The number of thiophene rings is 1. The molecule has 2 N–H and O–H groups in total. The largest absolute Gasteiger partial charge is 0.379 e. The van der Waals surface area contributed by atoms with Crippen molar-refractivity contribution in [2.75, 3.05) is 52.5 Å². The van der Waals surface area contributed by atoms with Crippen LogP contribution in [0.2, 0.25) is 4.34 Å². The summed E-state index contributed by atoms with van der Waals surface area (Å²) in [5, 5.41) is 6.68. The summed E-state index contributed by atoms with van der Waals surface area (Å²) >= 11 is 7.59. The molecule has 24 heavy (non-hydrogen) atoms. The molecule has 5 nitrogen and oxygen atoms in total. The summed E-state index contributed by atoms with van der Waals surface area (Å²) in [7, 11) is 0. The van der Waals surface area contributed by atoms with Crippen LogP contribution < -0.4 is 10.6 Å². The Bertz CT molecular complexity index is 480. The van der Waals surface area contributed by atoms with E-state index in [1.807, 2.05) is 6.07 Å². The number of hydrogen-bond donors (Lipinski definition) is 2. The highest BCUT2D eigenvalue weighted by molar-refractivity contribution is 14.0. The second kappa shape index (κ2) is 13.2. The van der Waals surface area contributed by atoms with Gasteiger partial charge in [0.05, 0.1) is 17.6 Å². The fourth-order valence-electron chi connectivity index (χ4n) is 2.44. The van der Waals surface area contributed by atoms with Crippen molar-refractivity contribution in [1.29, 1.82) is 0 Å². The first-order valence-corrected chi connectivity index (χ1v) is 9.54. The van der Waals surface area contributed by atoms with Crippen molar-refractivity contribution in [2.24, 2.45) is 4.99 Å². The first kappa shape index (κ1) is 22.0. The fourth-order valence-corrected chi connectivity index (χ4v) is 3.53. The van der Waals surface area contributed by atoms with Crippen LogP contribution in [0.1, 0.15) is 18.2 Å². The molecule has 138 valence electrons. The van der Waals surface area contributed by atoms with Crippen LogP contribution in [0.3, 0.4) is 0 Å². The Labute approximate surface area is 171 Å². The second-order valence-electron chi connectivity index (χ2n) is 5.45. The third kappa shape index (κ3) is 8.84. The number of halogens is 2. The fraction of sp³-hybridized carbons (Fsp3) is 0.688. The van der Waals surface area contributed by atoms with E-state index in [1.165, 1.54) is 4.88 Å². The number of nitrogens with one attached hydrogen (secondary N) is 2. The number of nitrogens with zero attached hydrogens (tertiary/aromatic N) is 2. The van der Waals surface area contributed by atoms with Gasteiger partial charge in [0.25, 0.3) is 0 Å². The van der Waals surface area contributed by atoms with E-state index in [-0.39, 0.29) is 24.0 Å². The van der Waals surface area contributed by atoms with Crippen LogP contribution in [0.5, 0.6) is 0 Å². The minimum absolute atomic E-state index is 0. The maximum Gasteiger partial charge on any atom is 0.191 e. The molecule has 0 bridgehead atoms. The van der Waals surface area contributed by atoms with Gasteiger partial charge in [-0.2, -0.15) is 0 Å². The lowest BCUT2D eigenvalue weighted by Crippen LogP contribution is -2.39. The SMILES string of the molecule is CCNC(=NCCCN1CCOCC1)NCCc1ccc(Cl)s1.I. The van der Waals surface area contributed by atoms with Gasteiger partial charge in [-0.25, -0.2) is 0 Å². The standard InChI is InChI=1S/C16H27ClN4OS.HI/c1-2-18-16(20-8-6-14-4-5-15(17)23-14)19-7-3-9-21-10-12-22-13-11-21;/h4-5H,2-3,6-13H2,1H3,(H2,18,19,20);1H. The van der Waals surface area contributed by atoms with E-state index in [4.69, 9.17) is 16.3 Å². The summed E-state index contributed by atoms with van der Waals surface area (Å²) in [6.07, 6.45) is 2.05. The van der Waals surface area contributed by atoms with Crippen LogP contribution in [0.4, 0.5) is 0 Å². The molecule has 0 radical (unpaired) electrons. The number of guanidine groups is 1. The van der Waals surface area contributed by atoms with Gasteiger partial charge in [0.15, 0.2) is 5.96 Å². The van der Waals surface area contributed by atoms with E-state index in [1.54, 1.807) is 11.3 Å². The molecule has 1 aliphatic rings. The molecule has 0 saturated carbocycles. The Morgan fingerprint density at radius 2 is 2.12 bits per heavy atom. The number of hydrogen-bond acceptors (Lipinski definition) is 4. The maximum absolute atomic E-state index is 5.95. The molecular formula is C16H28ClIN4OS. The Hall–Kier alpha value is -0.0900. The molecule has 0 atom stereocenters. The van der Waals surface area contributed by atoms with E-state index in [9.17, 15) is 0 Å². The van der Waals surface area contributed by atoms with Gasteiger partial charge in [0.1, 0.15) is 0 Å². The third-order valence-electron chi connectivity index (χ3n) is 3.64. The van der Waals surface area contributed by atoms with E-state index < -0.39 is 0 Å². The zero-order valence-electron chi connectivity index (χ0n) is 14.2. The van der Waals surface area contributed by atoms with Gasteiger partial charge in [0, 0.05) is 44.1 Å². The van der Waals surface area contributed by atoms with Crippen molar-refractivity contribution in [3.8, 4) is 0 Å². The van der Waals surface area contributed by atoms with Crippen molar-refractivity contribution in [3.63, 3.8) is 0 Å². The summed E-state index contributed by atoms with van der Waals surface area (Å²) in [6.45, 7) is 9.59. The maximum atomic E-state index is 5.95. The number of morpholine rings is 1. The number of aliphatic imine (C=N–C) groups is 1. The molecule has 0 amide bonds. The predicted octanol–water partition coefficient (Wildman–Crippen LogP) is 2.84. The molecule has 1 fully saturated rings. The Balaban J connectivity index is 0.00000288. The normalized spacial score (nSPS) is 15.8. The quantitative estimate of drug-likeness (QED) is 0.257. The Kier molecular flexibility index (Phi) is 12.0. The summed E-state index contributed by atoms with van der Waals surface area (Å²) in [5.41, 5.74) is 0. The van der Waals surface area contributed by atoms with Crippen molar-refractivity contribution in [3.05, 3.63) is 21.3 Å². The minimum atomic E-state index is 0. The molecular weight excluding hydrogens is 459 g/mol. The van der Waals surface area contributed by atoms with Gasteiger partial charge in [-0.05, 0) is 31.9 Å². The highest BCUT2D eigenvalue weighted by atomic mass is 127. The van der Waals surface area contributed by atoms with Gasteiger partial charge in [-0.15, -0.1) is 35.3 Å². The molecule has 1 aromatic rings. The topological polar surface area (TPSA) is 48.9 Å². The van der Waals surface area contributed by atoms with Crippen LogP contribution in [0.25, 0.3) is 0 Å². The van der Waals surface area contributed by atoms with Crippen LogP contribution in [-0.4, -0.2) is 63.3 Å². The number of rotatable bonds is 8. The summed E-state index contributed by atoms with van der Waals surface area (Å²) < 4.78 is 6.21. The average molecular weight is 487 g/mol. The van der Waals surface area contributed by atoms with E-state index in [0.29, 0.717) is 0 Å². The lowest BCUT2D eigenvalue weighted by Gasteiger charge is -2.26. The summed E-state index contributed by atoms with van der Waals surface area (Å²) in [4.78, 5) is 8.39. The Morgan fingerprint density at radius 1 is 1.33 bits per heavy atom. The molecule has 0 unspecified atom stereocenters. The number of ether oxygens (including phenoxy) is 1. The molecule has 0 spiro atoms. The van der Waals surface area contributed by atoms with Crippen molar-refractivity contribution >= 4 is 52.9 Å². The molecule has 0 aromatic carbocycles. The third-order valence-corrected chi connectivity index (χ3v) is 4.93. The van der Waals surface area contributed by atoms with Crippen molar-refractivity contribution in [1.82, 2.24) is 15.5 Å². The van der Waals surface area contributed by atoms with Crippen LogP contribution in [0.15, 0.2) is 17.1 Å². The van der Waals surface area contributed by atoms with Gasteiger partial charge in [-0.3, -0.25) is 9.89 Å². The van der Waals surface area contributed by atoms with E-state index >= 15 is 0 Å². The first-order valence-electron chi connectivity index (χ1n) is 8.34.